The Hall–Kier alpha value is -1.96. The van der Waals surface area contributed by atoms with Gasteiger partial charge in [0.2, 0.25) is 10.0 Å². The zero-order valence-electron chi connectivity index (χ0n) is 12.6. The first-order valence-corrected chi connectivity index (χ1v) is 8.16. The van der Waals surface area contributed by atoms with Crippen molar-refractivity contribution in [2.24, 2.45) is 0 Å². The molecule has 1 atom stereocenters. The third-order valence-corrected chi connectivity index (χ3v) is 4.86. The molecule has 0 radical (unpaired) electrons. The molecule has 1 unspecified atom stereocenters. The molecule has 0 saturated carbocycles. The number of sulfonamides is 1. The van der Waals surface area contributed by atoms with Crippen molar-refractivity contribution < 1.29 is 18.0 Å². The first kappa shape index (κ1) is 16.4. The van der Waals surface area contributed by atoms with E-state index in [0.717, 1.165) is 15.8 Å². The van der Waals surface area contributed by atoms with Gasteiger partial charge in [-0.3, -0.25) is 9.63 Å². The topological polar surface area (TPSA) is 75.7 Å². The quantitative estimate of drug-likeness (QED) is 0.847. The van der Waals surface area contributed by atoms with E-state index in [1.807, 2.05) is 24.3 Å². The lowest BCUT2D eigenvalue weighted by molar-refractivity contribution is -0.170. The Morgan fingerprint density at radius 3 is 2.45 bits per heavy atom. The van der Waals surface area contributed by atoms with Gasteiger partial charge in [-0.1, -0.05) is 30.3 Å². The van der Waals surface area contributed by atoms with Gasteiger partial charge in [-0.05, 0) is 29.8 Å². The van der Waals surface area contributed by atoms with Crippen molar-refractivity contribution in [1.82, 2.24) is 9.79 Å². The van der Waals surface area contributed by atoms with E-state index in [1.54, 1.807) is 12.1 Å². The summed E-state index contributed by atoms with van der Waals surface area (Å²) in [6.07, 6.45) is 0. The van der Waals surface area contributed by atoms with Crippen molar-refractivity contribution in [3.8, 4) is 0 Å². The molecule has 22 heavy (non-hydrogen) atoms. The Kier molecular flexibility index (Phi) is 4.80. The second-order valence-electron chi connectivity index (χ2n) is 4.87. The molecule has 1 amide bonds. The molecule has 2 aromatic carbocycles. The third-order valence-electron chi connectivity index (χ3n) is 3.32. The van der Waals surface area contributed by atoms with E-state index < -0.39 is 22.0 Å². The van der Waals surface area contributed by atoms with Crippen LogP contribution < -0.4 is 4.72 Å². The minimum absolute atomic E-state index is 0.117. The zero-order chi connectivity index (χ0) is 16.3. The highest BCUT2D eigenvalue weighted by molar-refractivity contribution is 7.89. The first-order valence-electron chi connectivity index (χ1n) is 6.68. The molecule has 0 spiro atoms. The van der Waals surface area contributed by atoms with E-state index in [9.17, 15) is 13.2 Å². The van der Waals surface area contributed by atoms with E-state index >= 15 is 0 Å². The molecular formula is C15H18N2O4S. The molecule has 6 nitrogen and oxygen atoms in total. The van der Waals surface area contributed by atoms with Gasteiger partial charge in [0.05, 0.1) is 12.0 Å². The van der Waals surface area contributed by atoms with Crippen LogP contribution in [0.3, 0.4) is 0 Å². The van der Waals surface area contributed by atoms with Gasteiger partial charge in [0.1, 0.15) is 6.04 Å². The van der Waals surface area contributed by atoms with E-state index in [2.05, 4.69) is 4.72 Å². The second kappa shape index (κ2) is 6.43. The molecule has 0 saturated heterocycles. The summed E-state index contributed by atoms with van der Waals surface area (Å²) in [5.41, 5.74) is 0. The van der Waals surface area contributed by atoms with Gasteiger partial charge in [0.25, 0.3) is 5.91 Å². The largest absolute Gasteiger partial charge is 0.275 e. The summed E-state index contributed by atoms with van der Waals surface area (Å²) in [6, 6.07) is 11.4. The van der Waals surface area contributed by atoms with Crippen LogP contribution in [0.5, 0.6) is 0 Å². The van der Waals surface area contributed by atoms with Crippen LogP contribution in [0, 0.1) is 0 Å². The van der Waals surface area contributed by atoms with Crippen LogP contribution in [-0.4, -0.2) is 39.6 Å². The normalized spacial score (nSPS) is 13.0. The van der Waals surface area contributed by atoms with Crippen LogP contribution in [0.1, 0.15) is 6.92 Å². The zero-order valence-corrected chi connectivity index (χ0v) is 13.4. The summed E-state index contributed by atoms with van der Waals surface area (Å²) in [5.74, 6) is -0.480. The molecule has 0 aliphatic rings. The summed E-state index contributed by atoms with van der Waals surface area (Å²) in [4.78, 5) is 16.7. The number of fused-ring (bicyclic) bond motifs is 1. The number of carbonyl (C=O) groups is 1. The molecule has 0 aliphatic heterocycles. The van der Waals surface area contributed by atoms with Gasteiger partial charge < -0.3 is 0 Å². The standard InChI is InChI=1S/C15H18N2O4S/c1-11(15(18)17(2)21-3)16-22(19,20)14-9-8-12-6-4-5-7-13(12)10-14/h4-11,16H,1-3H3. The molecule has 7 heteroatoms. The molecule has 1 N–H and O–H groups in total. The number of likely N-dealkylation sites (N-methyl/N-ethyl adjacent to an activating group) is 1. The molecule has 2 rings (SSSR count). The van der Waals surface area contributed by atoms with Gasteiger partial charge in [0, 0.05) is 7.05 Å². The van der Waals surface area contributed by atoms with Crippen molar-refractivity contribution in [3.63, 3.8) is 0 Å². The van der Waals surface area contributed by atoms with Crippen LogP contribution >= 0.6 is 0 Å². The van der Waals surface area contributed by atoms with Gasteiger partial charge in [0.15, 0.2) is 0 Å². The molecular weight excluding hydrogens is 304 g/mol. The average Bonchev–Trinajstić information content (AvgIpc) is 2.52. The van der Waals surface area contributed by atoms with Crippen molar-refractivity contribution in [2.45, 2.75) is 17.9 Å². The second-order valence-corrected chi connectivity index (χ2v) is 6.58. The minimum Gasteiger partial charge on any atom is -0.275 e. The average molecular weight is 322 g/mol. The maximum Gasteiger partial charge on any atom is 0.263 e. The number of carbonyl (C=O) groups excluding carboxylic acids is 1. The molecule has 0 heterocycles. The predicted octanol–water partition coefficient (Wildman–Crippen LogP) is 1.53. The highest BCUT2D eigenvalue weighted by atomic mass is 32.2. The fraction of sp³-hybridized carbons (Fsp3) is 0.267. The van der Waals surface area contributed by atoms with E-state index in [0.29, 0.717) is 0 Å². The third kappa shape index (κ3) is 3.44. The SMILES string of the molecule is CON(C)C(=O)C(C)NS(=O)(=O)c1ccc2ccccc2c1. The maximum atomic E-state index is 12.4. The van der Waals surface area contributed by atoms with Crippen LogP contribution in [0.15, 0.2) is 47.4 Å². The molecule has 0 bridgehead atoms. The summed E-state index contributed by atoms with van der Waals surface area (Å²) in [6.45, 7) is 1.47. The van der Waals surface area contributed by atoms with Crippen LogP contribution in [0.2, 0.25) is 0 Å². The number of amides is 1. The Balaban J connectivity index is 2.27. The number of hydroxylamine groups is 2. The summed E-state index contributed by atoms with van der Waals surface area (Å²) in [5, 5.41) is 2.75. The fourth-order valence-corrected chi connectivity index (χ4v) is 3.28. The van der Waals surface area contributed by atoms with Gasteiger partial charge in [-0.15, -0.1) is 0 Å². The Morgan fingerprint density at radius 2 is 1.82 bits per heavy atom. The summed E-state index contributed by atoms with van der Waals surface area (Å²) in [7, 11) is -1.04. The highest BCUT2D eigenvalue weighted by Crippen LogP contribution is 2.19. The Labute approximate surface area is 129 Å². The van der Waals surface area contributed by atoms with E-state index in [4.69, 9.17) is 4.84 Å². The summed E-state index contributed by atoms with van der Waals surface area (Å²) >= 11 is 0. The number of nitrogens with zero attached hydrogens (tertiary/aromatic N) is 1. The number of rotatable bonds is 5. The maximum absolute atomic E-state index is 12.4. The monoisotopic (exact) mass is 322 g/mol. The number of hydrogen-bond donors (Lipinski definition) is 1. The minimum atomic E-state index is -3.79. The van der Waals surface area contributed by atoms with Crippen LogP contribution in [0.4, 0.5) is 0 Å². The van der Waals surface area contributed by atoms with Crippen molar-refractivity contribution in [2.75, 3.05) is 14.2 Å². The molecule has 0 fully saturated rings. The van der Waals surface area contributed by atoms with Gasteiger partial charge in [-0.25, -0.2) is 13.5 Å². The predicted molar refractivity (Wildman–Crippen MR) is 83.5 cm³/mol. The number of benzene rings is 2. The van der Waals surface area contributed by atoms with Gasteiger partial charge in [-0.2, -0.15) is 4.72 Å². The molecule has 2 aromatic rings. The van der Waals surface area contributed by atoms with Crippen molar-refractivity contribution in [3.05, 3.63) is 42.5 Å². The highest BCUT2D eigenvalue weighted by Gasteiger charge is 2.24. The number of nitrogens with one attached hydrogen (secondary N) is 1. The molecule has 118 valence electrons. The van der Waals surface area contributed by atoms with Crippen molar-refractivity contribution in [1.29, 1.82) is 0 Å². The summed E-state index contributed by atoms with van der Waals surface area (Å²) < 4.78 is 27.1. The van der Waals surface area contributed by atoms with E-state index in [1.165, 1.54) is 27.1 Å². The van der Waals surface area contributed by atoms with Crippen LogP contribution in [0.25, 0.3) is 10.8 Å². The molecule has 0 aliphatic carbocycles. The van der Waals surface area contributed by atoms with Crippen LogP contribution in [-0.2, 0) is 19.7 Å². The first-order chi connectivity index (χ1) is 10.3. The lowest BCUT2D eigenvalue weighted by Gasteiger charge is -2.19. The fourth-order valence-electron chi connectivity index (χ4n) is 2.05. The number of hydrogen-bond acceptors (Lipinski definition) is 4. The smallest absolute Gasteiger partial charge is 0.263 e. The Morgan fingerprint density at radius 1 is 1.18 bits per heavy atom. The van der Waals surface area contributed by atoms with Gasteiger partial charge >= 0.3 is 0 Å². The lowest BCUT2D eigenvalue weighted by atomic mass is 10.1. The van der Waals surface area contributed by atoms with E-state index in [-0.39, 0.29) is 4.90 Å². The molecule has 0 aromatic heterocycles. The Bertz CT molecular complexity index is 789. The lowest BCUT2D eigenvalue weighted by Crippen LogP contribution is -2.45. The van der Waals surface area contributed by atoms with Crippen molar-refractivity contribution >= 4 is 26.7 Å².